The van der Waals surface area contributed by atoms with E-state index in [1.807, 2.05) is 4.90 Å². The molecule has 0 radical (unpaired) electrons. The molecular weight excluding hydrogens is 312 g/mol. The van der Waals surface area contributed by atoms with Crippen molar-refractivity contribution in [3.8, 4) is 0 Å². The van der Waals surface area contributed by atoms with Crippen LogP contribution in [0.2, 0.25) is 5.15 Å². The molecule has 0 amide bonds. The molecule has 2 heterocycles. The first-order valence-electron chi connectivity index (χ1n) is 6.99. The predicted molar refractivity (Wildman–Crippen MR) is 78.4 cm³/mol. The van der Waals surface area contributed by atoms with E-state index in [1.165, 1.54) is 6.07 Å². The molecule has 3 rings (SSSR count). The number of aliphatic hydroxyl groups is 1. The lowest BCUT2D eigenvalue weighted by molar-refractivity contribution is 0.170. The monoisotopic (exact) mass is 327 g/mol. The van der Waals surface area contributed by atoms with Crippen molar-refractivity contribution in [3.63, 3.8) is 0 Å². The number of hydrogen-bond acceptors (Lipinski definition) is 3. The van der Waals surface area contributed by atoms with E-state index >= 15 is 0 Å². The standard InChI is InChI=1S/C15H16ClF2N3O/c1-20-14(16)6-19-15(20)8-21-7-10(22)5-13(21)11-4-9(17)2-3-12(11)18/h2-4,6,10,13,22H,5,7-8H2,1H3/t10-,13+/m1/s1. The van der Waals surface area contributed by atoms with Gasteiger partial charge in [-0.05, 0) is 24.6 Å². The Morgan fingerprint density at radius 1 is 1.41 bits per heavy atom. The Balaban J connectivity index is 1.89. The maximum Gasteiger partial charge on any atom is 0.128 e. The van der Waals surface area contributed by atoms with Gasteiger partial charge >= 0.3 is 0 Å². The third-order valence-corrected chi connectivity index (χ3v) is 4.42. The fraction of sp³-hybridized carbons (Fsp3) is 0.400. The van der Waals surface area contributed by atoms with Gasteiger partial charge in [-0.1, -0.05) is 11.6 Å². The van der Waals surface area contributed by atoms with E-state index < -0.39 is 17.7 Å². The molecule has 0 aliphatic carbocycles. The summed E-state index contributed by atoms with van der Waals surface area (Å²) in [5.74, 6) is -0.248. The van der Waals surface area contributed by atoms with Gasteiger partial charge in [-0.3, -0.25) is 4.90 Å². The van der Waals surface area contributed by atoms with E-state index in [9.17, 15) is 13.9 Å². The molecule has 1 aliphatic heterocycles. The second-order valence-corrected chi connectivity index (χ2v) is 5.94. The molecule has 0 spiro atoms. The number of likely N-dealkylation sites (tertiary alicyclic amines) is 1. The number of benzene rings is 1. The normalized spacial score (nSPS) is 22.4. The van der Waals surface area contributed by atoms with Gasteiger partial charge in [0.2, 0.25) is 0 Å². The Morgan fingerprint density at radius 2 is 2.18 bits per heavy atom. The fourth-order valence-corrected chi connectivity index (χ4v) is 3.05. The van der Waals surface area contributed by atoms with Gasteiger partial charge in [-0.2, -0.15) is 0 Å². The van der Waals surface area contributed by atoms with Gasteiger partial charge in [0.25, 0.3) is 0 Å². The van der Waals surface area contributed by atoms with E-state index in [0.29, 0.717) is 30.5 Å². The van der Waals surface area contributed by atoms with Gasteiger partial charge in [0, 0.05) is 25.2 Å². The molecular formula is C15H16ClF2N3O. The van der Waals surface area contributed by atoms with Crippen LogP contribution in [0.25, 0.3) is 0 Å². The summed E-state index contributed by atoms with van der Waals surface area (Å²) in [6, 6.07) is 3.01. The quantitative estimate of drug-likeness (QED) is 0.942. The van der Waals surface area contributed by atoms with Crippen molar-refractivity contribution in [1.82, 2.24) is 14.5 Å². The minimum Gasteiger partial charge on any atom is -0.392 e. The molecule has 0 unspecified atom stereocenters. The minimum atomic E-state index is -0.580. The number of hydrogen-bond donors (Lipinski definition) is 1. The highest BCUT2D eigenvalue weighted by Crippen LogP contribution is 2.35. The second-order valence-electron chi connectivity index (χ2n) is 5.56. The smallest absolute Gasteiger partial charge is 0.128 e. The lowest BCUT2D eigenvalue weighted by Gasteiger charge is -2.24. The van der Waals surface area contributed by atoms with Gasteiger partial charge in [0.15, 0.2) is 0 Å². The largest absolute Gasteiger partial charge is 0.392 e. The van der Waals surface area contributed by atoms with Crippen molar-refractivity contribution in [2.45, 2.75) is 25.1 Å². The molecule has 1 aromatic heterocycles. The van der Waals surface area contributed by atoms with Crippen LogP contribution < -0.4 is 0 Å². The van der Waals surface area contributed by atoms with Crippen LogP contribution in [-0.4, -0.2) is 32.2 Å². The van der Waals surface area contributed by atoms with Gasteiger partial charge < -0.3 is 9.67 Å². The molecule has 1 saturated heterocycles. The Hall–Kier alpha value is -1.50. The summed E-state index contributed by atoms with van der Waals surface area (Å²) in [6.07, 6.45) is 1.32. The number of imidazole rings is 1. The highest BCUT2D eigenvalue weighted by Gasteiger charge is 2.34. The number of β-amino-alcohol motifs (C(OH)–C–C–N with tert-alkyl or cyclic N) is 1. The third kappa shape index (κ3) is 2.86. The van der Waals surface area contributed by atoms with Crippen molar-refractivity contribution < 1.29 is 13.9 Å². The van der Waals surface area contributed by atoms with Crippen LogP contribution >= 0.6 is 11.6 Å². The van der Waals surface area contributed by atoms with Crippen molar-refractivity contribution in [2.75, 3.05) is 6.54 Å². The molecule has 4 nitrogen and oxygen atoms in total. The number of halogens is 3. The predicted octanol–water partition coefficient (Wildman–Crippen LogP) is 2.66. The number of nitrogens with zero attached hydrogens (tertiary/aromatic N) is 3. The summed E-state index contributed by atoms with van der Waals surface area (Å²) >= 11 is 5.97. The first-order valence-corrected chi connectivity index (χ1v) is 7.36. The first kappa shape index (κ1) is 15.4. The van der Waals surface area contributed by atoms with Gasteiger partial charge in [0.05, 0.1) is 18.8 Å². The lowest BCUT2D eigenvalue weighted by atomic mass is 10.0. The topological polar surface area (TPSA) is 41.3 Å². The highest BCUT2D eigenvalue weighted by molar-refractivity contribution is 6.29. The summed E-state index contributed by atoms with van der Waals surface area (Å²) in [4.78, 5) is 6.10. The van der Waals surface area contributed by atoms with E-state index in [-0.39, 0.29) is 11.6 Å². The zero-order valence-electron chi connectivity index (χ0n) is 12.0. The van der Waals surface area contributed by atoms with Crippen LogP contribution in [0.3, 0.4) is 0 Å². The average Bonchev–Trinajstić information content (AvgIpc) is 2.99. The fourth-order valence-electron chi connectivity index (χ4n) is 2.90. The summed E-state index contributed by atoms with van der Waals surface area (Å²) in [7, 11) is 1.79. The van der Waals surface area contributed by atoms with Crippen LogP contribution in [0.5, 0.6) is 0 Å². The number of rotatable bonds is 3. The van der Waals surface area contributed by atoms with E-state index in [2.05, 4.69) is 4.98 Å². The van der Waals surface area contributed by atoms with Gasteiger partial charge in [-0.15, -0.1) is 0 Å². The van der Waals surface area contributed by atoms with E-state index in [4.69, 9.17) is 11.6 Å². The Bertz CT molecular complexity index is 691. The van der Waals surface area contributed by atoms with Crippen molar-refractivity contribution in [1.29, 1.82) is 0 Å². The molecule has 1 aliphatic rings. The Labute approximate surface area is 131 Å². The molecule has 0 bridgehead atoms. The van der Waals surface area contributed by atoms with Gasteiger partial charge in [-0.25, -0.2) is 13.8 Å². The molecule has 118 valence electrons. The molecule has 1 fully saturated rings. The number of aliphatic hydroxyl groups excluding tert-OH is 1. The zero-order valence-corrected chi connectivity index (χ0v) is 12.8. The summed E-state index contributed by atoms with van der Waals surface area (Å²) in [6.45, 7) is 0.784. The molecule has 0 saturated carbocycles. The van der Waals surface area contributed by atoms with Crippen LogP contribution in [0.4, 0.5) is 8.78 Å². The van der Waals surface area contributed by atoms with Crippen LogP contribution in [-0.2, 0) is 13.6 Å². The molecule has 1 N–H and O–H groups in total. The minimum absolute atomic E-state index is 0.261. The summed E-state index contributed by atoms with van der Waals surface area (Å²) < 4.78 is 29.2. The SMILES string of the molecule is Cn1c(Cl)cnc1CN1C[C@H](O)C[C@H]1c1cc(F)ccc1F. The number of aromatic nitrogens is 2. The van der Waals surface area contributed by atoms with E-state index in [1.54, 1.807) is 17.8 Å². The van der Waals surface area contributed by atoms with Crippen molar-refractivity contribution in [2.24, 2.45) is 7.05 Å². The van der Waals surface area contributed by atoms with Crippen molar-refractivity contribution in [3.05, 3.63) is 52.6 Å². The van der Waals surface area contributed by atoms with E-state index in [0.717, 1.165) is 12.1 Å². The lowest BCUT2D eigenvalue weighted by Crippen LogP contribution is -2.26. The van der Waals surface area contributed by atoms with Crippen molar-refractivity contribution >= 4 is 11.6 Å². The first-order chi connectivity index (χ1) is 10.5. The molecule has 1 aromatic carbocycles. The molecule has 2 aromatic rings. The van der Waals surface area contributed by atoms with Crippen LogP contribution in [0.1, 0.15) is 23.9 Å². The van der Waals surface area contributed by atoms with Gasteiger partial charge in [0.1, 0.15) is 22.6 Å². The summed E-state index contributed by atoms with van der Waals surface area (Å²) in [5.41, 5.74) is 0.261. The average molecular weight is 328 g/mol. The Morgan fingerprint density at radius 3 is 2.86 bits per heavy atom. The highest BCUT2D eigenvalue weighted by atomic mass is 35.5. The zero-order chi connectivity index (χ0) is 15.9. The molecule has 22 heavy (non-hydrogen) atoms. The molecule has 7 heteroatoms. The summed E-state index contributed by atoms with van der Waals surface area (Å²) in [5, 5.41) is 10.4. The Kier molecular flexibility index (Phi) is 4.16. The van der Waals surface area contributed by atoms with Crippen LogP contribution in [0.15, 0.2) is 24.4 Å². The molecule has 2 atom stereocenters. The maximum atomic E-state index is 14.0. The van der Waals surface area contributed by atoms with Crippen LogP contribution in [0, 0.1) is 11.6 Å². The third-order valence-electron chi connectivity index (χ3n) is 4.07. The maximum absolute atomic E-state index is 14.0. The second kappa shape index (κ2) is 5.95.